The molecule has 15 heavy (non-hydrogen) atoms. The zero-order valence-electron chi connectivity index (χ0n) is 8.90. The topological polar surface area (TPSA) is 89.3 Å². The molecule has 5 nitrogen and oxygen atoms in total. The standard InChI is InChI=1S/C9H18N2O3S/c1-7(10)9(12)11-4-5-15(13,14)6-8-2-3-8/h7-8H,2-6,10H2,1H3,(H,11,12)/t7-/m0/s1. The molecule has 88 valence electrons. The number of carbonyl (C=O) groups excluding carboxylic acids is 1. The Kier molecular flexibility index (Phi) is 4.10. The number of amides is 1. The van der Waals surface area contributed by atoms with Crippen LogP contribution in [0, 0.1) is 5.92 Å². The van der Waals surface area contributed by atoms with Crippen LogP contribution < -0.4 is 11.1 Å². The maximum Gasteiger partial charge on any atom is 0.236 e. The molecule has 1 rings (SSSR count). The second kappa shape index (κ2) is 4.94. The van der Waals surface area contributed by atoms with Crippen molar-refractivity contribution in [1.29, 1.82) is 0 Å². The molecular formula is C9H18N2O3S. The average Bonchev–Trinajstić information content (AvgIpc) is 2.86. The quantitative estimate of drug-likeness (QED) is 0.634. The summed E-state index contributed by atoms with van der Waals surface area (Å²) in [6.45, 7) is 1.73. The third-order valence-electron chi connectivity index (χ3n) is 2.31. The van der Waals surface area contributed by atoms with Gasteiger partial charge in [-0.15, -0.1) is 0 Å². The highest BCUT2D eigenvalue weighted by molar-refractivity contribution is 7.91. The van der Waals surface area contributed by atoms with Crippen LogP contribution in [-0.2, 0) is 14.6 Å². The van der Waals surface area contributed by atoms with Gasteiger partial charge in [-0.05, 0) is 25.7 Å². The van der Waals surface area contributed by atoms with Gasteiger partial charge in [0.25, 0.3) is 0 Å². The Morgan fingerprint density at radius 3 is 2.60 bits per heavy atom. The lowest BCUT2D eigenvalue weighted by Gasteiger charge is -2.07. The Morgan fingerprint density at radius 2 is 2.13 bits per heavy atom. The van der Waals surface area contributed by atoms with Crippen LogP contribution >= 0.6 is 0 Å². The Balaban J connectivity index is 2.20. The molecule has 0 unspecified atom stereocenters. The molecule has 0 radical (unpaired) electrons. The van der Waals surface area contributed by atoms with E-state index in [1.807, 2.05) is 0 Å². The lowest BCUT2D eigenvalue weighted by molar-refractivity contribution is -0.121. The summed E-state index contributed by atoms with van der Waals surface area (Å²) in [5, 5.41) is 2.49. The first kappa shape index (κ1) is 12.4. The van der Waals surface area contributed by atoms with Crippen molar-refractivity contribution in [3.63, 3.8) is 0 Å². The van der Waals surface area contributed by atoms with Crippen LogP contribution in [0.1, 0.15) is 19.8 Å². The number of nitrogens with one attached hydrogen (secondary N) is 1. The molecule has 6 heteroatoms. The van der Waals surface area contributed by atoms with E-state index in [1.165, 1.54) is 0 Å². The van der Waals surface area contributed by atoms with Gasteiger partial charge in [-0.2, -0.15) is 0 Å². The lowest BCUT2D eigenvalue weighted by atomic mass is 10.3. The Bertz CT molecular complexity index is 320. The second-order valence-electron chi connectivity index (χ2n) is 4.14. The van der Waals surface area contributed by atoms with Crippen molar-refractivity contribution in [3.05, 3.63) is 0 Å². The third kappa shape index (κ3) is 5.13. The van der Waals surface area contributed by atoms with E-state index < -0.39 is 15.9 Å². The van der Waals surface area contributed by atoms with Gasteiger partial charge in [0.1, 0.15) is 0 Å². The second-order valence-corrected chi connectivity index (χ2v) is 6.37. The van der Waals surface area contributed by atoms with E-state index in [2.05, 4.69) is 5.32 Å². The molecule has 0 spiro atoms. The fraction of sp³-hybridized carbons (Fsp3) is 0.889. The van der Waals surface area contributed by atoms with Crippen molar-refractivity contribution in [3.8, 4) is 0 Å². The highest BCUT2D eigenvalue weighted by atomic mass is 32.2. The largest absolute Gasteiger partial charge is 0.354 e. The van der Waals surface area contributed by atoms with Crippen LogP contribution in [0.4, 0.5) is 0 Å². The molecule has 0 aromatic carbocycles. The smallest absolute Gasteiger partial charge is 0.236 e. The van der Waals surface area contributed by atoms with Crippen molar-refractivity contribution in [2.75, 3.05) is 18.1 Å². The SMILES string of the molecule is C[C@H](N)C(=O)NCCS(=O)(=O)CC1CC1. The van der Waals surface area contributed by atoms with E-state index in [4.69, 9.17) is 5.73 Å². The fourth-order valence-electron chi connectivity index (χ4n) is 1.22. The number of hydrogen-bond acceptors (Lipinski definition) is 4. The highest BCUT2D eigenvalue weighted by Gasteiger charge is 2.27. The Labute approximate surface area is 90.3 Å². The number of rotatable bonds is 6. The summed E-state index contributed by atoms with van der Waals surface area (Å²) < 4.78 is 22.9. The van der Waals surface area contributed by atoms with Gasteiger partial charge in [0.15, 0.2) is 9.84 Å². The van der Waals surface area contributed by atoms with E-state index in [-0.39, 0.29) is 24.0 Å². The molecule has 0 aliphatic heterocycles. The zero-order valence-corrected chi connectivity index (χ0v) is 9.72. The molecule has 0 bridgehead atoms. The zero-order chi connectivity index (χ0) is 11.5. The Morgan fingerprint density at radius 1 is 1.53 bits per heavy atom. The van der Waals surface area contributed by atoms with Crippen LogP contribution in [0.5, 0.6) is 0 Å². The van der Waals surface area contributed by atoms with Gasteiger partial charge in [0.05, 0.1) is 17.5 Å². The van der Waals surface area contributed by atoms with E-state index >= 15 is 0 Å². The molecule has 1 atom stereocenters. The normalized spacial score (nSPS) is 18.5. The van der Waals surface area contributed by atoms with E-state index in [0.717, 1.165) is 12.8 Å². The summed E-state index contributed by atoms with van der Waals surface area (Å²) in [6, 6.07) is -0.587. The first-order valence-electron chi connectivity index (χ1n) is 5.14. The van der Waals surface area contributed by atoms with Crippen molar-refractivity contribution >= 4 is 15.7 Å². The summed E-state index contributed by atoms with van der Waals surface area (Å²) in [5.41, 5.74) is 5.32. The fourth-order valence-corrected chi connectivity index (χ4v) is 2.85. The molecule has 0 saturated heterocycles. The third-order valence-corrected chi connectivity index (χ3v) is 4.12. The molecular weight excluding hydrogens is 216 g/mol. The maximum absolute atomic E-state index is 11.4. The van der Waals surface area contributed by atoms with Crippen molar-refractivity contribution in [2.24, 2.45) is 11.7 Å². The van der Waals surface area contributed by atoms with E-state index in [9.17, 15) is 13.2 Å². The summed E-state index contributed by atoms with van der Waals surface area (Å²) in [5.74, 6) is 0.332. The van der Waals surface area contributed by atoms with Crippen LogP contribution in [0.25, 0.3) is 0 Å². The molecule has 1 aliphatic carbocycles. The van der Waals surface area contributed by atoms with Crippen LogP contribution in [0.2, 0.25) is 0 Å². The summed E-state index contributed by atoms with van der Waals surface area (Å²) in [4.78, 5) is 11.0. The molecule has 1 saturated carbocycles. The van der Waals surface area contributed by atoms with Crippen molar-refractivity contribution in [1.82, 2.24) is 5.32 Å². The monoisotopic (exact) mass is 234 g/mol. The summed E-state index contributed by atoms with van der Waals surface area (Å²) in [7, 11) is -3.00. The van der Waals surface area contributed by atoms with Crippen LogP contribution in [0.15, 0.2) is 0 Å². The van der Waals surface area contributed by atoms with Crippen molar-refractivity contribution in [2.45, 2.75) is 25.8 Å². The molecule has 3 N–H and O–H groups in total. The van der Waals surface area contributed by atoms with Gasteiger partial charge in [-0.3, -0.25) is 4.79 Å². The van der Waals surface area contributed by atoms with Crippen LogP contribution in [-0.4, -0.2) is 38.4 Å². The molecule has 1 aliphatic rings. The molecule has 0 heterocycles. The van der Waals surface area contributed by atoms with Crippen molar-refractivity contribution < 1.29 is 13.2 Å². The Hall–Kier alpha value is -0.620. The predicted octanol–water partition coefficient (Wildman–Crippen LogP) is -0.725. The van der Waals surface area contributed by atoms with Gasteiger partial charge >= 0.3 is 0 Å². The number of sulfone groups is 1. The van der Waals surface area contributed by atoms with E-state index in [0.29, 0.717) is 5.92 Å². The minimum Gasteiger partial charge on any atom is -0.354 e. The average molecular weight is 234 g/mol. The minimum atomic E-state index is -3.00. The van der Waals surface area contributed by atoms with Gasteiger partial charge in [-0.25, -0.2) is 8.42 Å². The maximum atomic E-state index is 11.4. The molecule has 1 fully saturated rings. The van der Waals surface area contributed by atoms with E-state index in [1.54, 1.807) is 6.92 Å². The van der Waals surface area contributed by atoms with Gasteiger partial charge in [-0.1, -0.05) is 0 Å². The summed E-state index contributed by atoms with van der Waals surface area (Å²) in [6.07, 6.45) is 2.04. The summed E-state index contributed by atoms with van der Waals surface area (Å²) >= 11 is 0. The first-order chi connectivity index (χ1) is 6.91. The number of carbonyl (C=O) groups is 1. The molecule has 1 amide bonds. The first-order valence-corrected chi connectivity index (χ1v) is 6.96. The predicted molar refractivity (Wildman–Crippen MR) is 58.0 cm³/mol. The highest BCUT2D eigenvalue weighted by Crippen LogP contribution is 2.30. The van der Waals surface area contributed by atoms with Crippen LogP contribution in [0.3, 0.4) is 0 Å². The van der Waals surface area contributed by atoms with Gasteiger partial charge in [0.2, 0.25) is 5.91 Å². The van der Waals surface area contributed by atoms with Gasteiger partial charge in [0, 0.05) is 6.54 Å². The lowest BCUT2D eigenvalue weighted by Crippen LogP contribution is -2.40. The number of hydrogen-bond donors (Lipinski definition) is 2. The van der Waals surface area contributed by atoms with Gasteiger partial charge < -0.3 is 11.1 Å². The molecule has 0 aromatic heterocycles. The minimum absolute atomic E-state index is 0.0158. The molecule has 0 aromatic rings. The number of nitrogens with two attached hydrogens (primary N) is 1.